The number of nitrogens with zero attached hydrogens (tertiary/aromatic N) is 2. The second-order valence-electron chi connectivity index (χ2n) is 8.13. The fourth-order valence-corrected chi connectivity index (χ4v) is 3.68. The fraction of sp³-hybridized carbons (Fsp3) is 0.882. The minimum Gasteiger partial charge on any atom is -0.339 e. The van der Waals surface area contributed by atoms with Gasteiger partial charge in [0.1, 0.15) is 0 Å². The van der Waals surface area contributed by atoms with Crippen molar-refractivity contribution in [2.24, 2.45) is 11.3 Å². The minimum atomic E-state index is -0.125. The van der Waals surface area contributed by atoms with Gasteiger partial charge in [-0.1, -0.05) is 20.8 Å². The van der Waals surface area contributed by atoms with Crippen LogP contribution in [0.3, 0.4) is 0 Å². The molecule has 4 nitrogen and oxygen atoms in total. The highest BCUT2D eigenvalue weighted by atomic mass is 16.2. The molecule has 0 aromatic heterocycles. The standard InChI is InChI=1S/C17H30N2O2/c1-12(2)19-11-13(9-15(19)20)16(21)18-8-6-7-14(18)10-17(3,4)5/h12-14H,6-11H2,1-5H3/t13-,14-/m0/s1. The van der Waals surface area contributed by atoms with Crippen molar-refractivity contribution in [3.63, 3.8) is 0 Å². The van der Waals surface area contributed by atoms with E-state index in [0.29, 0.717) is 19.0 Å². The minimum absolute atomic E-state index is 0.125. The van der Waals surface area contributed by atoms with E-state index in [1.807, 2.05) is 18.7 Å². The van der Waals surface area contributed by atoms with Gasteiger partial charge in [-0.25, -0.2) is 0 Å². The summed E-state index contributed by atoms with van der Waals surface area (Å²) in [6.07, 6.45) is 3.65. The molecule has 2 heterocycles. The molecule has 2 rings (SSSR count). The van der Waals surface area contributed by atoms with Gasteiger partial charge in [-0.15, -0.1) is 0 Å². The number of carbonyl (C=O) groups is 2. The van der Waals surface area contributed by atoms with E-state index in [4.69, 9.17) is 0 Å². The van der Waals surface area contributed by atoms with Crippen LogP contribution < -0.4 is 0 Å². The summed E-state index contributed by atoms with van der Waals surface area (Å²) in [5.74, 6) is 0.216. The zero-order valence-electron chi connectivity index (χ0n) is 14.2. The maximum atomic E-state index is 12.8. The Bertz CT molecular complexity index is 412. The Kier molecular flexibility index (Phi) is 4.64. The van der Waals surface area contributed by atoms with Crippen LogP contribution in [0.5, 0.6) is 0 Å². The average Bonchev–Trinajstić information content (AvgIpc) is 2.92. The lowest BCUT2D eigenvalue weighted by Crippen LogP contribution is -2.42. The van der Waals surface area contributed by atoms with Crippen molar-refractivity contribution in [2.75, 3.05) is 13.1 Å². The second-order valence-corrected chi connectivity index (χ2v) is 8.13. The van der Waals surface area contributed by atoms with Gasteiger partial charge in [0, 0.05) is 31.6 Å². The Labute approximate surface area is 128 Å². The van der Waals surface area contributed by atoms with Crippen LogP contribution in [0.1, 0.15) is 60.3 Å². The average molecular weight is 294 g/mol. The van der Waals surface area contributed by atoms with E-state index in [2.05, 4.69) is 25.7 Å². The highest BCUT2D eigenvalue weighted by molar-refractivity contribution is 5.89. The summed E-state index contributed by atoms with van der Waals surface area (Å²) in [4.78, 5) is 28.7. The van der Waals surface area contributed by atoms with Crippen molar-refractivity contribution in [3.05, 3.63) is 0 Å². The molecule has 2 amide bonds. The first-order valence-corrected chi connectivity index (χ1v) is 8.29. The van der Waals surface area contributed by atoms with Crippen molar-refractivity contribution in [3.8, 4) is 0 Å². The van der Waals surface area contributed by atoms with Crippen LogP contribution in [0, 0.1) is 11.3 Å². The van der Waals surface area contributed by atoms with Gasteiger partial charge >= 0.3 is 0 Å². The van der Waals surface area contributed by atoms with Gasteiger partial charge in [-0.3, -0.25) is 9.59 Å². The molecule has 0 N–H and O–H groups in total. The molecule has 0 saturated carbocycles. The summed E-state index contributed by atoms with van der Waals surface area (Å²) in [7, 11) is 0. The molecule has 120 valence electrons. The number of amides is 2. The molecule has 2 saturated heterocycles. The molecule has 0 unspecified atom stereocenters. The predicted octanol–water partition coefficient (Wildman–Crippen LogP) is 2.67. The van der Waals surface area contributed by atoms with E-state index in [9.17, 15) is 9.59 Å². The van der Waals surface area contributed by atoms with E-state index >= 15 is 0 Å². The summed E-state index contributed by atoms with van der Waals surface area (Å²) in [5.41, 5.74) is 0.239. The molecule has 0 radical (unpaired) electrons. The third-order valence-corrected chi connectivity index (χ3v) is 4.64. The van der Waals surface area contributed by atoms with Gasteiger partial charge in [-0.05, 0) is 38.5 Å². The van der Waals surface area contributed by atoms with E-state index in [0.717, 1.165) is 25.8 Å². The molecular formula is C17H30N2O2. The molecule has 2 aliphatic rings. The van der Waals surface area contributed by atoms with Crippen molar-refractivity contribution >= 4 is 11.8 Å². The molecule has 0 bridgehead atoms. The Hall–Kier alpha value is -1.06. The van der Waals surface area contributed by atoms with Gasteiger partial charge in [0.05, 0.1) is 5.92 Å². The van der Waals surface area contributed by atoms with Crippen LogP contribution in [0.4, 0.5) is 0 Å². The Morgan fingerprint density at radius 3 is 2.52 bits per heavy atom. The van der Waals surface area contributed by atoms with Crippen molar-refractivity contribution in [2.45, 2.75) is 72.4 Å². The lowest BCUT2D eigenvalue weighted by molar-refractivity contribution is -0.137. The van der Waals surface area contributed by atoms with Gasteiger partial charge in [0.15, 0.2) is 0 Å². The van der Waals surface area contributed by atoms with Crippen LogP contribution >= 0.6 is 0 Å². The lowest BCUT2D eigenvalue weighted by atomic mass is 9.87. The first kappa shape index (κ1) is 16.3. The first-order chi connectivity index (χ1) is 9.69. The van der Waals surface area contributed by atoms with E-state index in [1.165, 1.54) is 0 Å². The summed E-state index contributed by atoms with van der Waals surface area (Å²) in [6, 6.07) is 0.556. The first-order valence-electron chi connectivity index (χ1n) is 8.29. The molecule has 0 aromatic carbocycles. The van der Waals surface area contributed by atoms with Crippen molar-refractivity contribution in [1.82, 2.24) is 9.80 Å². The van der Waals surface area contributed by atoms with Crippen LogP contribution in [-0.4, -0.2) is 46.8 Å². The molecule has 2 fully saturated rings. The molecule has 4 heteroatoms. The Morgan fingerprint density at radius 2 is 2.00 bits per heavy atom. The summed E-state index contributed by atoms with van der Waals surface area (Å²) < 4.78 is 0. The SMILES string of the molecule is CC(C)N1C[C@@H](C(=O)N2CCC[C@H]2CC(C)(C)C)CC1=O. The third-order valence-electron chi connectivity index (χ3n) is 4.64. The molecule has 0 aliphatic carbocycles. The van der Waals surface area contributed by atoms with E-state index < -0.39 is 0 Å². The molecule has 21 heavy (non-hydrogen) atoms. The predicted molar refractivity (Wildman–Crippen MR) is 83.8 cm³/mol. The number of rotatable bonds is 3. The normalized spacial score (nSPS) is 27.0. The quantitative estimate of drug-likeness (QED) is 0.803. The number of hydrogen-bond donors (Lipinski definition) is 0. The molecular weight excluding hydrogens is 264 g/mol. The van der Waals surface area contributed by atoms with Crippen LogP contribution in [0.2, 0.25) is 0 Å². The van der Waals surface area contributed by atoms with Crippen LogP contribution in [0.15, 0.2) is 0 Å². The highest BCUT2D eigenvalue weighted by Gasteiger charge is 2.40. The van der Waals surface area contributed by atoms with Gasteiger partial charge in [0.2, 0.25) is 11.8 Å². The Morgan fingerprint density at radius 1 is 1.33 bits per heavy atom. The third kappa shape index (κ3) is 3.78. The molecule has 0 spiro atoms. The maximum absolute atomic E-state index is 12.8. The number of carbonyl (C=O) groups excluding carboxylic acids is 2. The van der Waals surface area contributed by atoms with Crippen LogP contribution in [-0.2, 0) is 9.59 Å². The van der Waals surface area contributed by atoms with Gasteiger partial charge < -0.3 is 9.80 Å². The topological polar surface area (TPSA) is 40.6 Å². The number of hydrogen-bond acceptors (Lipinski definition) is 2. The van der Waals surface area contributed by atoms with Gasteiger partial charge in [-0.2, -0.15) is 0 Å². The zero-order valence-corrected chi connectivity index (χ0v) is 14.2. The van der Waals surface area contributed by atoms with Gasteiger partial charge in [0.25, 0.3) is 0 Å². The number of likely N-dealkylation sites (tertiary alicyclic amines) is 2. The zero-order chi connectivity index (χ0) is 15.8. The lowest BCUT2D eigenvalue weighted by Gasteiger charge is -2.32. The molecule has 2 atom stereocenters. The van der Waals surface area contributed by atoms with E-state index in [1.54, 1.807) is 0 Å². The summed E-state index contributed by atoms with van der Waals surface area (Å²) in [5, 5.41) is 0. The summed E-state index contributed by atoms with van der Waals surface area (Å²) in [6.45, 7) is 12.2. The Balaban J connectivity index is 2.01. The molecule has 2 aliphatic heterocycles. The fourth-order valence-electron chi connectivity index (χ4n) is 3.68. The largest absolute Gasteiger partial charge is 0.339 e. The highest BCUT2D eigenvalue weighted by Crippen LogP contribution is 2.32. The molecule has 0 aromatic rings. The van der Waals surface area contributed by atoms with Crippen molar-refractivity contribution in [1.29, 1.82) is 0 Å². The maximum Gasteiger partial charge on any atom is 0.228 e. The smallest absolute Gasteiger partial charge is 0.228 e. The second kappa shape index (κ2) is 5.98. The van der Waals surface area contributed by atoms with Crippen LogP contribution in [0.25, 0.3) is 0 Å². The monoisotopic (exact) mass is 294 g/mol. The van der Waals surface area contributed by atoms with Crippen molar-refractivity contribution < 1.29 is 9.59 Å². The van der Waals surface area contributed by atoms with E-state index in [-0.39, 0.29) is 29.2 Å². The summed E-state index contributed by atoms with van der Waals surface area (Å²) >= 11 is 0.